The lowest BCUT2D eigenvalue weighted by Crippen LogP contribution is -2.07. The molecule has 0 saturated heterocycles. The summed E-state index contributed by atoms with van der Waals surface area (Å²) >= 11 is 0. The largest absolute Gasteiger partial charge is 0.362 e. The molecule has 1 aliphatic rings. The van der Waals surface area contributed by atoms with Crippen molar-refractivity contribution in [2.24, 2.45) is 4.99 Å². The molecule has 2 heterocycles. The lowest BCUT2D eigenvalue weighted by atomic mass is 10.0. The fourth-order valence-corrected chi connectivity index (χ4v) is 2.16. The maximum Gasteiger partial charge on any atom is 0.221 e. The molecule has 0 aliphatic carbocycles. The summed E-state index contributed by atoms with van der Waals surface area (Å²) in [5, 5.41) is 2.84. The van der Waals surface area contributed by atoms with Crippen LogP contribution >= 0.6 is 0 Å². The zero-order valence-electron chi connectivity index (χ0n) is 10.5. The van der Waals surface area contributed by atoms with E-state index < -0.39 is 0 Å². The van der Waals surface area contributed by atoms with Crippen LogP contribution in [0.25, 0.3) is 11.6 Å². The molecular weight excluding hydrogens is 238 g/mol. The highest BCUT2D eigenvalue weighted by Crippen LogP contribution is 2.37. The van der Waals surface area contributed by atoms with Gasteiger partial charge in [-0.05, 0) is 30.3 Å². The predicted molar refractivity (Wildman–Crippen MR) is 77.6 cm³/mol. The second-order valence-corrected chi connectivity index (χ2v) is 4.36. The number of fused-ring (bicyclic) bond motifs is 1. The average Bonchev–Trinajstić information content (AvgIpc) is 3.00. The highest BCUT2D eigenvalue weighted by molar-refractivity contribution is 6.23. The van der Waals surface area contributed by atoms with Gasteiger partial charge in [0.15, 0.2) is 0 Å². The van der Waals surface area contributed by atoms with Crippen LogP contribution in [-0.4, -0.2) is 17.1 Å². The predicted octanol–water partition coefficient (Wildman–Crippen LogP) is 3.23. The number of carbonyl (C=O) groups excluding carboxylic acids is 1. The van der Waals surface area contributed by atoms with Crippen LogP contribution in [-0.2, 0) is 4.79 Å². The molecule has 2 N–H and O–H groups in total. The Kier molecular flexibility index (Phi) is 2.76. The van der Waals surface area contributed by atoms with Crippen molar-refractivity contribution in [1.82, 2.24) is 4.98 Å². The van der Waals surface area contributed by atoms with E-state index in [9.17, 15) is 4.79 Å². The molecule has 0 fully saturated rings. The van der Waals surface area contributed by atoms with Crippen molar-refractivity contribution in [3.8, 4) is 0 Å². The van der Waals surface area contributed by atoms with Gasteiger partial charge in [0.05, 0.1) is 11.4 Å². The van der Waals surface area contributed by atoms with Crippen molar-refractivity contribution in [1.29, 1.82) is 0 Å². The van der Waals surface area contributed by atoms with Gasteiger partial charge in [-0.3, -0.25) is 9.79 Å². The van der Waals surface area contributed by atoms with Crippen molar-refractivity contribution in [3.63, 3.8) is 0 Å². The number of nitrogens with zero attached hydrogens (tertiary/aromatic N) is 1. The number of benzene rings is 1. The van der Waals surface area contributed by atoms with E-state index in [1.807, 2.05) is 48.8 Å². The minimum atomic E-state index is -0.0838. The van der Waals surface area contributed by atoms with E-state index in [0.29, 0.717) is 0 Å². The minimum Gasteiger partial charge on any atom is -0.362 e. The Morgan fingerprint density at radius 3 is 2.95 bits per heavy atom. The Morgan fingerprint density at radius 2 is 2.21 bits per heavy atom. The van der Waals surface area contributed by atoms with Gasteiger partial charge in [0.1, 0.15) is 0 Å². The van der Waals surface area contributed by atoms with Crippen LogP contribution < -0.4 is 5.32 Å². The molecule has 0 atom stereocenters. The lowest BCUT2D eigenvalue weighted by Gasteiger charge is -2.08. The number of aromatic nitrogens is 1. The first-order chi connectivity index (χ1) is 9.24. The molecule has 1 aromatic carbocycles. The molecule has 0 spiro atoms. The molecular formula is C15H13N3O. The highest BCUT2D eigenvalue weighted by atomic mass is 16.1. The number of aliphatic imine (C=N–C) groups is 1. The van der Waals surface area contributed by atoms with Crippen molar-refractivity contribution in [3.05, 3.63) is 47.8 Å². The average molecular weight is 251 g/mol. The molecule has 19 heavy (non-hydrogen) atoms. The second-order valence-electron chi connectivity index (χ2n) is 4.36. The van der Waals surface area contributed by atoms with Gasteiger partial charge in [-0.25, -0.2) is 0 Å². The van der Waals surface area contributed by atoms with E-state index in [0.717, 1.165) is 28.2 Å². The monoisotopic (exact) mass is 251 g/mol. The van der Waals surface area contributed by atoms with Gasteiger partial charge in [0.2, 0.25) is 5.91 Å². The van der Waals surface area contributed by atoms with E-state index in [2.05, 4.69) is 15.3 Å². The first-order valence-electron chi connectivity index (χ1n) is 6.04. The van der Waals surface area contributed by atoms with Crippen molar-refractivity contribution in [2.45, 2.75) is 6.92 Å². The van der Waals surface area contributed by atoms with Gasteiger partial charge >= 0.3 is 0 Å². The summed E-state index contributed by atoms with van der Waals surface area (Å²) in [5.41, 5.74) is 4.63. The first kappa shape index (κ1) is 11.5. The molecule has 0 radical (unpaired) electrons. The van der Waals surface area contributed by atoms with Crippen LogP contribution in [0.2, 0.25) is 0 Å². The maximum atomic E-state index is 11.3. The summed E-state index contributed by atoms with van der Waals surface area (Å²) in [5.74, 6) is -0.0838. The third-order valence-electron chi connectivity index (χ3n) is 2.92. The fourth-order valence-electron chi connectivity index (χ4n) is 2.16. The van der Waals surface area contributed by atoms with Crippen LogP contribution in [0.15, 0.2) is 41.5 Å². The smallest absolute Gasteiger partial charge is 0.221 e. The number of anilines is 1. The van der Waals surface area contributed by atoms with Crippen molar-refractivity contribution in [2.75, 3.05) is 5.32 Å². The standard InChI is InChI=1S/C15H13N3O/c1-10(19)18-14-6-2-5-13-15(14)11(9-17-13)8-12-4-3-7-16-12/h2-9,16H,1H3,(H,18,19). The summed E-state index contributed by atoms with van der Waals surface area (Å²) in [6.45, 7) is 1.50. The van der Waals surface area contributed by atoms with Gasteiger partial charge in [-0.15, -0.1) is 0 Å². The van der Waals surface area contributed by atoms with Crippen LogP contribution in [0, 0.1) is 0 Å². The van der Waals surface area contributed by atoms with Gasteiger partial charge in [-0.1, -0.05) is 6.07 Å². The van der Waals surface area contributed by atoms with Gasteiger partial charge in [0, 0.05) is 36.2 Å². The zero-order valence-corrected chi connectivity index (χ0v) is 10.5. The van der Waals surface area contributed by atoms with Gasteiger partial charge < -0.3 is 10.3 Å². The normalized spacial score (nSPS) is 14.7. The number of hydrogen-bond donors (Lipinski definition) is 2. The molecule has 4 nitrogen and oxygen atoms in total. The van der Waals surface area contributed by atoms with Gasteiger partial charge in [0.25, 0.3) is 0 Å². The number of aromatic amines is 1. The number of hydrogen-bond acceptors (Lipinski definition) is 2. The van der Waals surface area contributed by atoms with E-state index in [1.54, 1.807) is 0 Å². The number of allylic oxidation sites excluding steroid dienone is 1. The first-order valence-corrected chi connectivity index (χ1v) is 6.04. The molecule has 3 rings (SSSR count). The molecule has 2 aromatic rings. The number of nitrogens with one attached hydrogen (secondary N) is 2. The third-order valence-corrected chi connectivity index (χ3v) is 2.92. The van der Waals surface area contributed by atoms with E-state index in [4.69, 9.17) is 0 Å². The van der Waals surface area contributed by atoms with Crippen LogP contribution in [0.5, 0.6) is 0 Å². The van der Waals surface area contributed by atoms with E-state index >= 15 is 0 Å². The Labute approximate surface area is 110 Å². The highest BCUT2D eigenvalue weighted by Gasteiger charge is 2.17. The molecule has 0 saturated carbocycles. The van der Waals surface area contributed by atoms with E-state index in [-0.39, 0.29) is 5.91 Å². The molecule has 1 aliphatic heterocycles. The molecule has 94 valence electrons. The van der Waals surface area contributed by atoms with E-state index in [1.165, 1.54) is 6.92 Å². The Morgan fingerprint density at radius 1 is 1.32 bits per heavy atom. The third kappa shape index (κ3) is 2.20. The molecule has 1 aromatic heterocycles. The molecule has 4 heteroatoms. The summed E-state index contributed by atoms with van der Waals surface area (Å²) in [6, 6.07) is 9.64. The van der Waals surface area contributed by atoms with Crippen molar-refractivity contribution < 1.29 is 4.79 Å². The molecule has 0 unspecified atom stereocenters. The van der Waals surface area contributed by atoms with Crippen LogP contribution in [0.4, 0.5) is 11.4 Å². The van der Waals surface area contributed by atoms with Crippen LogP contribution in [0.1, 0.15) is 18.2 Å². The minimum absolute atomic E-state index is 0.0838. The summed E-state index contributed by atoms with van der Waals surface area (Å²) in [6.07, 6.45) is 5.70. The number of amides is 1. The molecule has 1 amide bonds. The topological polar surface area (TPSA) is 57.2 Å². The number of rotatable bonds is 2. The quantitative estimate of drug-likeness (QED) is 0.845. The zero-order chi connectivity index (χ0) is 13.2. The SMILES string of the molecule is CC(=O)Nc1cccc2c1C(=Cc1ccc[nH]1)C=N2. The van der Waals surface area contributed by atoms with Crippen LogP contribution in [0.3, 0.4) is 0 Å². The van der Waals surface area contributed by atoms with Gasteiger partial charge in [-0.2, -0.15) is 0 Å². The fraction of sp³-hybridized carbons (Fsp3) is 0.0667. The Balaban J connectivity index is 2.07. The summed E-state index contributed by atoms with van der Waals surface area (Å²) < 4.78 is 0. The Hall–Kier alpha value is -2.62. The summed E-state index contributed by atoms with van der Waals surface area (Å²) in [7, 11) is 0. The number of H-pyrrole nitrogens is 1. The molecule has 0 bridgehead atoms. The Bertz CT molecular complexity index is 681. The maximum absolute atomic E-state index is 11.3. The summed E-state index contributed by atoms with van der Waals surface area (Å²) in [4.78, 5) is 18.8. The number of carbonyl (C=O) groups is 1. The van der Waals surface area contributed by atoms with Crippen molar-refractivity contribution >= 4 is 35.1 Å². The second kappa shape index (κ2) is 4.57. The lowest BCUT2D eigenvalue weighted by molar-refractivity contribution is -0.114.